The number of anilines is 1. The molecule has 19 heavy (non-hydrogen) atoms. The number of aromatic amines is 1. The summed E-state index contributed by atoms with van der Waals surface area (Å²) in [6, 6.07) is 12.3. The van der Waals surface area contributed by atoms with E-state index in [1.807, 2.05) is 6.07 Å². The summed E-state index contributed by atoms with van der Waals surface area (Å²) in [5.74, 6) is 0. The number of rotatable bonds is 2. The molecule has 0 aliphatic heterocycles. The van der Waals surface area contributed by atoms with E-state index in [1.165, 1.54) is 11.1 Å². The third-order valence-corrected chi connectivity index (χ3v) is 3.72. The number of aryl methyl sites for hydroxylation is 2. The zero-order valence-corrected chi connectivity index (χ0v) is 11.1. The van der Waals surface area contributed by atoms with Crippen molar-refractivity contribution in [2.75, 3.05) is 5.32 Å². The van der Waals surface area contributed by atoms with Gasteiger partial charge in [-0.15, -0.1) is 0 Å². The molecule has 0 amide bonds. The standard InChI is InChI=1S/C16H18N2O/c1-11-5-7-12(8-6-11)17-14-3-2-4-15-13(14)9-10-16(19)18-15/h5-10,14,17H,2-4H2,1H3,(H,18,19). The number of aromatic nitrogens is 1. The van der Waals surface area contributed by atoms with E-state index in [1.54, 1.807) is 6.07 Å². The lowest BCUT2D eigenvalue weighted by atomic mass is 9.91. The van der Waals surface area contributed by atoms with E-state index in [4.69, 9.17) is 0 Å². The highest BCUT2D eigenvalue weighted by Crippen LogP contribution is 2.30. The Labute approximate surface area is 112 Å². The predicted molar refractivity (Wildman–Crippen MR) is 77.5 cm³/mol. The van der Waals surface area contributed by atoms with Crippen LogP contribution < -0.4 is 10.9 Å². The van der Waals surface area contributed by atoms with Gasteiger partial charge in [0.05, 0.1) is 6.04 Å². The molecule has 0 saturated carbocycles. The highest BCUT2D eigenvalue weighted by molar-refractivity contribution is 5.47. The van der Waals surface area contributed by atoms with Crippen LogP contribution in [0.4, 0.5) is 5.69 Å². The maximum Gasteiger partial charge on any atom is 0.248 e. The van der Waals surface area contributed by atoms with Gasteiger partial charge in [-0.3, -0.25) is 4.79 Å². The minimum Gasteiger partial charge on any atom is -0.378 e. The number of fused-ring (bicyclic) bond motifs is 1. The first-order chi connectivity index (χ1) is 9.22. The van der Waals surface area contributed by atoms with Crippen LogP contribution in [0.2, 0.25) is 0 Å². The van der Waals surface area contributed by atoms with Crippen molar-refractivity contribution >= 4 is 5.69 Å². The molecular weight excluding hydrogens is 236 g/mol. The van der Waals surface area contributed by atoms with Crippen molar-refractivity contribution in [1.29, 1.82) is 0 Å². The third-order valence-electron chi connectivity index (χ3n) is 3.72. The molecule has 1 aromatic heterocycles. The Bertz CT molecular complexity index is 628. The lowest BCUT2D eigenvalue weighted by molar-refractivity contribution is 0.587. The molecule has 0 fully saturated rings. The van der Waals surface area contributed by atoms with E-state index in [9.17, 15) is 4.79 Å². The van der Waals surface area contributed by atoms with E-state index in [0.29, 0.717) is 6.04 Å². The molecule has 1 unspecified atom stereocenters. The number of hydrogen-bond donors (Lipinski definition) is 2. The van der Waals surface area contributed by atoms with E-state index in [-0.39, 0.29) is 5.56 Å². The van der Waals surface area contributed by atoms with Crippen molar-refractivity contribution in [2.24, 2.45) is 0 Å². The van der Waals surface area contributed by atoms with Gasteiger partial charge >= 0.3 is 0 Å². The molecule has 3 heteroatoms. The van der Waals surface area contributed by atoms with Crippen molar-refractivity contribution in [1.82, 2.24) is 4.98 Å². The first kappa shape index (κ1) is 12.0. The minimum absolute atomic E-state index is 0.00487. The molecule has 1 aliphatic rings. The fourth-order valence-electron chi connectivity index (χ4n) is 2.70. The van der Waals surface area contributed by atoms with E-state index in [0.717, 1.165) is 30.6 Å². The van der Waals surface area contributed by atoms with Gasteiger partial charge in [0.2, 0.25) is 5.56 Å². The molecule has 1 heterocycles. The van der Waals surface area contributed by atoms with Crippen molar-refractivity contribution in [3.05, 3.63) is 63.6 Å². The first-order valence-corrected chi connectivity index (χ1v) is 6.78. The Kier molecular flexibility index (Phi) is 3.11. The molecular formula is C16H18N2O. The molecule has 98 valence electrons. The fourth-order valence-corrected chi connectivity index (χ4v) is 2.70. The second kappa shape index (κ2) is 4.92. The maximum absolute atomic E-state index is 11.4. The highest BCUT2D eigenvalue weighted by atomic mass is 16.1. The number of nitrogens with one attached hydrogen (secondary N) is 2. The Morgan fingerprint density at radius 3 is 2.74 bits per heavy atom. The molecule has 2 N–H and O–H groups in total. The highest BCUT2D eigenvalue weighted by Gasteiger charge is 2.20. The minimum atomic E-state index is -0.00487. The monoisotopic (exact) mass is 254 g/mol. The van der Waals surface area contributed by atoms with E-state index in [2.05, 4.69) is 41.5 Å². The van der Waals surface area contributed by atoms with Gasteiger partial charge in [0, 0.05) is 17.4 Å². The lowest BCUT2D eigenvalue weighted by Crippen LogP contribution is -2.21. The van der Waals surface area contributed by atoms with Crippen LogP contribution in [-0.2, 0) is 6.42 Å². The van der Waals surface area contributed by atoms with Gasteiger partial charge in [0.15, 0.2) is 0 Å². The van der Waals surface area contributed by atoms with Gasteiger partial charge in [0.25, 0.3) is 0 Å². The molecule has 1 aromatic carbocycles. The number of pyridine rings is 1. The summed E-state index contributed by atoms with van der Waals surface area (Å²) >= 11 is 0. The molecule has 2 aromatic rings. The predicted octanol–water partition coefficient (Wildman–Crippen LogP) is 3.17. The van der Waals surface area contributed by atoms with Gasteiger partial charge in [0.1, 0.15) is 0 Å². The maximum atomic E-state index is 11.4. The zero-order valence-electron chi connectivity index (χ0n) is 11.1. The fraction of sp³-hybridized carbons (Fsp3) is 0.312. The second-order valence-corrected chi connectivity index (χ2v) is 5.21. The number of benzene rings is 1. The summed E-state index contributed by atoms with van der Waals surface area (Å²) in [4.78, 5) is 14.3. The largest absolute Gasteiger partial charge is 0.378 e. The van der Waals surface area contributed by atoms with Crippen molar-refractivity contribution in [3.63, 3.8) is 0 Å². The van der Waals surface area contributed by atoms with Crippen LogP contribution in [0.5, 0.6) is 0 Å². The van der Waals surface area contributed by atoms with Crippen molar-refractivity contribution < 1.29 is 0 Å². The van der Waals surface area contributed by atoms with E-state index < -0.39 is 0 Å². The summed E-state index contributed by atoms with van der Waals surface area (Å²) in [5.41, 5.74) is 4.71. The van der Waals surface area contributed by atoms with Crippen LogP contribution in [0.3, 0.4) is 0 Å². The van der Waals surface area contributed by atoms with Crippen LogP contribution >= 0.6 is 0 Å². The summed E-state index contributed by atoms with van der Waals surface area (Å²) in [6.07, 6.45) is 3.18. The summed E-state index contributed by atoms with van der Waals surface area (Å²) in [6.45, 7) is 2.09. The SMILES string of the molecule is Cc1ccc(NC2CCCc3[nH]c(=O)ccc32)cc1. The smallest absolute Gasteiger partial charge is 0.248 e. The molecule has 3 nitrogen and oxygen atoms in total. The topological polar surface area (TPSA) is 44.9 Å². The Balaban J connectivity index is 1.87. The average molecular weight is 254 g/mol. The van der Waals surface area contributed by atoms with Crippen LogP contribution in [0.1, 0.15) is 35.7 Å². The first-order valence-electron chi connectivity index (χ1n) is 6.78. The van der Waals surface area contributed by atoms with E-state index >= 15 is 0 Å². The molecule has 0 spiro atoms. The van der Waals surface area contributed by atoms with Crippen molar-refractivity contribution in [3.8, 4) is 0 Å². The Morgan fingerprint density at radius 2 is 1.95 bits per heavy atom. The third kappa shape index (κ3) is 2.55. The second-order valence-electron chi connectivity index (χ2n) is 5.21. The summed E-state index contributed by atoms with van der Waals surface area (Å²) in [5, 5.41) is 3.56. The Morgan fingerprint density at radius 1 is 1.16 bits per heavy atom. The average Bonchev–Trinajstić information content (AvgIpc) is 2.41. The van der Waals surface area contributed by atoms with Crippen molar-refractivity contribution in [2.45, 2.75) is 32.2 Å². The lowest BCUT2D eigenvalue weighted by Gasteiger charge is -2.26. The van der Waals surface area contributed by atoms with Crippen LogP contribution in [-0.4, -0.2) is 4.98 Å². The molecule has 0 bridgehead atoms. The number of H-pyrrole nitrogens is 1. The Hall–Kier alpha value is -2.03. The van der Waals surface area contributed by atoms with Gasteiger partial charge < -0.3 is 10.3 Å². The normalized spacial score (nSPS) is 17.8. The van der Waals surface area contributed by atoms with Crippen LogP contribution in [0.15, 0.2) is 41.2 Å². The summed E-state index contributed by atoms with van der Waals surface area (Å²) < 4.78 is 0. The van der Waals surface area contributed by atoms with Gasteiger partial charge in [-0.25, -0.2) is 0 Å². The quantitative estimate of drug-likeness (QED) is 0.864. The zero-order chi connectivity index (χ0) is 13.2. The van der Waals surface area contributed by atoms with Gasteiger partial charge in [-0.2, -0.15) is 0 Å². The molecule has 1 aliphatic carbocycles. The van der Waals surface area contributed by atoms with Gasteiger partial charge in [-0.1, -0.05) is 17.7 Å². The molecule has 0 saturated heterocycles. The molecule has 0 radical (unpaired) electrons. The molecule has 1 atom stereocenters. The van der Waals surface area contributed by atoms with Gasteiger partial charge in [-0.05, 0) is 49.9 Å². The molecule has 3 rings (SSSR count). The summed E-state index contributed by atoms with van der Waals surface area (Å²) in [7, 11) is 0. The van der Waals surface area contributed by atoms with Crippen LogP contribution in [0.25, 0.3) is 0 Å². The van der Waals surface area contributed by atoms with Crippen LogP contribution in [0, 0.1) is 6.92 Å². The number of hydrogen-bond acceptors (Lipinski definition) is 2.